The zero-order valence-corrected chi connectivity index (χ0v) is 14.9. The molecule has 0 aliphatic rings. The molecule has 0 atom stereocenters. The van der Waals surface area contributed by atoms with E-state index >= 15 is 0 Å². The fourth-order valence-electron chi connectivity index (χ4n) is 2.01. The summed E-state index contributed by atoms with van der Waals surface area (Å²) in [7, 11) is 3.81. The van der Waals surface area contributed by atoms with Crippen LogP contribution in [0.2, 0.25) is 5.02 Å². The molecular weight excluding hydrogens is 332 g/mol. The minimum Gasteiger partial charge on any atom is -0.475 e. The largest absolute Gasteiger partial charge is 0.475 e. The maximum absolute atomic E-state index is 5.99. The second-order valence-electron chi connectivity index (χ2n) is 4.86. The number of nitrogens with one attached hydrogen (secondary N) is 1. The maximum Gasteiger partial charge on any atom is 0.232 e. The summed E-state index contributed by atoms with van der Waals surface area (Å²) >= 11 is 7.77. The lowest BCUT2D eigenvalue weighted by molar-refractivity contribution is 0.308. The number of hydrogen-bond donors (Lipinski definition) is 1. The number of aromatic nitrogens is 1. The Labute approximate surface area is 146 Å². The first-order valence-corrected chi connectivity index (χ1v) is 8.64. The van der Waals surface area contributed by atoms with Gasteiger partial charge >= 0.3 is 0 Å². The van der Waals surface area contributed by atoms with Crippen molar-refractivity contribution in [2.75, 3.05) is 33.8 Å². The van der Waals surface area contributed by atoms with Crippen molar-refractivity contribution in [2.45, 2.75) is 6.42 Å². The Morgan fingerprint density at radius 3 is 3.00 bits per heavy atom. The Morgan fingerprint density at radius 1 is 1.43 bits per heavy atom. The fourth-order valence-corrected chi connectivity index (χ4v) is 2.89. The van der Waals surface area contributed by atoms with Crippen molar-refractivity contribution in [1.82, 2.24) is 15.2 Å². The molecule has 0 saturated carbocycles. The lowest BCUT2D eigenvalue weighted by Crippen LogP contribution is -2.41. The number of ether oxygens (including phenoxy) is 1. The molecule has 0 aliphatic heterocycles. The minimum atomic E-state index is 0.456. The molecule has 2 aromatic heterocycles. The second-order valence-corrected chi connectivity index (χ2v) is 6.30. The van der Waals surface area contributed by atoms with Crippen molar-refractivity contribution in [3.8, 4) is 5.88 Å². The number of pyridine rings is 1. The van der Waals surface area contributed by atoms with Gasteiger partial charge in [-0.15, -0.1) is 11.3 Å². The number of thiophene rings is 1. The summed E-state index contributed by atoms with van der Waals surface area (Å²) < 4.78 is 5.55. The van der Waals surface area contributed by atoms with E-state index in [4.69, 9.17) is 16.3 Å². The van der Waals surface area contributed by atoms with Crippen molar-refractivity contribution in [3.63, 3.8) is 0 Å². The number of hydrogen-bond acceptors (Lipinski definition) is 4. The van der Waals surface area contributed by atoms with E-state index < -0.39 is 0 Å². The molecule has 1 N–H and O–H groups in total. The van der Waals surface area contributed by atoms with Crippen LogP contribution in [0.1, 0.15) is 4.88 Å². The van der Waals surface area contributed by atoms with Crippen LogP contribution >= 0.6 is 22.9 Å². The molecule has 0 unspecified atom stereocenters. The number of rotatable bonds is 7. The third-order valence-electron chi connectivity index (χ3n) is 3.20. The highest BCUT2D eigenvalue weighted by molar-refractivity contribution is 7.09. The van der Waals surface area contributed by atoms with E-state index in [0.717, 1.165) is 18.9 Å². The normalized spacial score (nSPS) is 11.3. The molecule has 7 heteroatoms. The first-order valence-electron chi connectivity index (χ1n) is 7.38. The molecule has 5 nitrogen and oxygen atoms in total. The van der Waals surface area contributed by atoms with Gasteiger partial charge in [-0.3, -0.25) is 4.99 Å². The molecule has 0 amide bonds. The Balaban J connectivity index is 1.71. The first-order chi connectivity index (χ1) is 11.2. The average molecular weight is 353 g/mol. The smallest absolute Gasteiger partial charge is 0.232 e. The molecule has 0 aromatic carbocycles. The molecule has 2 aromatic rings. The van der Waals surface area contributed by atoms with Gasteiger partial charge in [0.05, 0.1) is 6.54 Å². The molecular formula is C16H21ClN4OS. The van der Waals surface area contributed by atoms with Gasteiger partial charge in [-0.05, 0) is 30.0 Å². The van der Waals surface area contributed by atoms with Crippen LogP contribution in [0, 0.1) is 0 Å². The van der Waals surface area contributed by atoms with Crippen molar-refractivity contribution >= 4 is 28.9 Å². The Kier molecular flexibility index (Phi) is 7.16. The molecule has 2 rings (SSSR count). The number of likely N-dealkylation sites (N-methyl/N-ethyl adjacent to an activating group) is 1. The summed E-state index contributed by atoms with van der Waals surface area (Å²) in [6.07, 6.45) is 2.67. The zero-order valence-electron chi connectivity index (χ0n) is 13.3. The van der Waals surface area contributed by atoms with E-state index in [0.29, 0.717) is 24.1 Å². The molecule has 0 saturated heterocycles. The van der Waals surface area contributed by atoms with Crippen LogP contribution in [0.15, 0.2) is 40.8 Å². The number of nitrogens with zero attached hydrogens (tertiary/aromatic N) is 3. The predicted octanol–water partition coefficient (Wildman–Crippen LogP) is 2.93. The minimum absolute atomic E-state index is 0.456. The highest BCUT2D eigenvalue weighted by atomic mass is 35.5. The lowest BCUT2D eigenvalue weighted by atomic mass is 10.3. The van der Waals surface area contributed by atoms with Gasteiger partial charge in [0.2, 0.25) is 5.88 Å². The van der Waals surface area contributed by atoms with Crippen LogP contribution in [0.25, 0.3) is 0 Å². The van der Waals surface area contributed by atoms with Gasteiger partial charge in [0.15, 0.2) is 5.96 Å². The van der Waals surface area contributed by atoms with Gasteiger partial charge < -0.3 is 15.0 Å². The van der Waals surface area contributed by atoms with Crippen LogP contribution < -0.4 is 10.1 Å². The SMILES string of the molecule is CN=C(NCCOc1ncccc1Cl)N(C)CCc1cccs1. The monoisotopic (exact) mass is 352 g/mol. The Morgan fingerprint density at radius 2 is 2.30 bits per heavy atom. The van der Waals surface area contributed by atoms with Crippen LogP contribution in [-0.4, -0.2) is 49.6 Å². The van der Waals surface area contributed by atoms with E-state index in [1.165, 1.54) is 4.88 Å². The molecule has 124 valence electrons. The van der Waals surface area contributed by atoms with E-state index in [2.05, 4.69) is 37.7 Å². The van der Waals surface area contributed by atoms with Crippen LogP contribution in [0.3, 0.4) is 0 Å². The van der Waals surface area contributed by atoms with E-state index in [1.54, 1.807) is 36.7 Å². The summed E-state index contributed by atoms with van der Waals surface area (Å²) in [6, 6.07) is 7.76. The molecule has 0 fully saturated rings. The van der Waals surface area contributed by atoms with Crippen LogP contribution in [0.4, 0.5) is 0 Å². The average Bonchev–Trinajstić information content (AvgIpc) is 3.08. The third-order valence-corrected chi connectivity index (χ3v) is 4.42. The quantitative estimate of drug-likeness (QED) is 0.473. The Hall–Kier alpha value is -1.79. The van der Waals surface area contributed by atoms with Crippen molar-refractivity contribution in [1.29, 1.82) is 0 Å². The molecule has 0 bridgehead atoms. The Bertz CT molecular complexity index is 618. The molecule has 2 heterocycles. The van der Waals surface area contributed by atoms with Gasteiger partial charge in [0.1, 0.15) is 11.6 Å². The topological polar surface area (TPSA) is 49.8 Å². The van der Waals surface area contributed by atoms with E-state index in [1.807, 2.05) is 7.05 Å². The summed E-state index contributed by atoms with van der Waals surface area (Å²) in [4.78, 5) is 11.9. The third kappa shape index (κ3) is 5.73. The van der Waals surface area contributed by atoms with Crippen molar-refractivity contribution < 1.29 is 4.74 Å². The van der Waals surface area contributed by atoms with Gasteiger partial charge in [-0.2, -0.15) is 0 Å². The molecule has 0 radical (unpaired) electrons. The van der Waals surface area contributed by atoms with Crippen LogP contribution in [0.5, 0.6) is 5.88 Å². The van der Waals surface area contributed by atoms with E-state index in [9.17, 15) is 0 Å². The predicted molar refractivity (Wildman–Crippen MR) is 96.8 cm³/mol. The van der Waals surface area contributed by atoms with E-state index in [-0.39, 0.29) is 0 Å². The van der Waals surface area contributed by atoms with Crippen molar-refractivity contribution in [2.24, 2.45) is 4.99 Å². The van der Waals surface area contributed by atoms with Crippen molar-refractivity contribution in [3.05, 3.63) is 45.7 Å². The van der Waals surface area contributed by atoms with Gasteiger partial charge in [-0.25, -0.2) is 4.98 Å². The van der Waals surface area contributed by atoms with Gasteiger partial charge in [0.25, 0.3) is 0 Å². The maximum atomic E-state index is 5.99. The molecule has 0 spiro atoms. The zero-order chi connectivity index (χ0) is 16.5. The highest BCUT2D eigenvalue weighted by Crippen LogP contribution is 2.19. The lowest BCUT2D eigenvalue weighted by Gasteiger charge is -2.21. The summed E-state index contributed by atoms with van der Waals surface area (Å²) in [6.45, 7) is 2.00. The number of halogens is 1. The summed E-state index contributed by atoms with van der Waals surface area (Å²) in [5, 5.41) is 5.89. The molecule has 23 heavy (non-hydrogen) atoms. The first kappa shape index (κ1) is 17.6. The number of aliphatic imine (C=N–C) groups is 1. The van der Waals surface area contributed by atoms with Gasteiger partial charge in [0, 0.05) is 31.7 Å². The number of guanidine groups is 1. The van der Waals surface area contributed by atoms with Gasteiger partial charge in [-0.1, -0.05) is 17.7 Å². The van der Waals surface area contributed by atoms with Crippen LogP contribution in [-0.2, 0) is 6.42 Å². The molecule has 0 aliphatic carbocycles. The summed E-state index contributed by atoms with van der Waals surface area (Å²) in [5.41, 5.74) is 0. The second kappa shape index (κ2) is 9.37. The fraction of sp³-hybridized carbons (Fsp3) is 0.375. The highest BCUT2D eigenvalue weighted by Gasteiger charge is 2.06. The summed E-state index contributed by atoms with van der Waals surface area (Å²) in [5.74, 6) is 1.30. The standard InChI is InChI=1S/C16H21ClN4OS/c1-18-16(21(2)10-7-13-5-4-12-23-13)20-9-11-22-15-14(17)6-3-8-19-15/h3-6,8,12H,7,9-11H2,1-2H3,(H,18,20).